The van der Waals surface area contributed by atoms with Gasteiger partial charge >= 0.3 is 0 Å². The zero-order valence-electron chi connectivity index (χ0n) is 9.35. The lowest BCUT2D eigenvalue weighted by Crippen LogP contribution is -2.30. The van der Waals surface area contributed by atoms with Gasteiger partial charge in [-0.3, -0.25) is 4.79 Å². The molecule has 1 aromatic heterocycles. The highest BCUT2D eigenvalue weighted by molar-refractivity contribution is 5.78. The number of aromatic nitrogens is 2. The quantitative estimate of drug-likeness (QED) is 0.831. The zero-order chi connectivity index (χ0) is 11.2. The van der Waals surface area contributed by atoms with Crippen LogP contribution in [0.25, 0.3) is 0 Å². The first kappa shape index (κ1) is 11.0. The first-order valence-corrected chi connectivity index (χ1v) is 5.88. The summed E-state index contributed by atoms with van der Waals surface area (Å²) in [5, 5.41) is 2.98. The fraction of sp³-hybridized carbons (Fsp3) is 0.583. The van der Waals surface area contributed by atoms with Crippen molar-refractivity contribution in [2.45, 2.75) is 32.1 Å². The van der Waals surface area contributed by atoms with Gasteiger partial charge in [-0.05, 0) is 24.8 Å². The Kier molecular flexibility index (Phi) is 3.86. The Morgan fingerprint density at radius 3 is 2.69 bits per heavy atom. The number of nitrogens with one attached hydrogen (secondary N) is 1. The average Bonchev–Trinajstić information content (AvgIpc) is 2.84. The smallest absolute Gasteiger partial charge is 0.223 e. The minimum atomic E-state index is 0.217. The van der Waals surface area contributed by atoms with Gasteiger partial charge in [-0.15, -0.1) is 0 Å². The lowest BCUT2D eigenvalue weighted by atomic mass is 10.1. The summed E-state index contributed by atoms with van der Waals surface area (Å²) in [6.07, 6.45) is 10.4. The molecule has 16 heavy (non-hydrogen) atoms. The molecule has 0 radical (unpaired) electrons. The summed E-state index contributed by atoms with van der Waals surface area (Å²) in [5.74, 6) is 0.473. The second-order valence-corrected chi connectivity index (χ2v) is 4.27. The molecule has 1 heterocycles. The highest BCUT2D eigenvalue weighted by Gasteiger charge is 2.21. The molecule has 0 atom stereocenters. The van der Waals surface area contributed by atoms with Crippen LogP contribution in [0.5, 0.6) is 0 Å². The van der Waals surface area contributed by atoms with Gasteiger partial charge in [0.25, 0.3) is 0 Å². The fourth-order valence-corrected chi connectivity index (χ4v) is 2.12. The minimum absolute atomic E-state index is 0.217. The monoisotopic (exact) mass is 219 g/mol. The molecule has 0 aliphatic heterocycles. The topological polar surface area (TPSA) is 54.9 Å². The van der Waals surface area contributed by atoms with Crippen molar-refractivity contribution in [2.24, 2.45) is 5.92 Å². The number of hydrogen-bond donors (Lipinski definition) is 1. The van der Waals surface area contributed by atoms with E-state index in [1.165, 1.54) is 19.2 Å². The highest BCUT2D eigenvalue weighted by Crippen LogP contribution is 2.24. The van der Waals surface area contributed by atoms with Crippen LogP contribution in [-0.4, -0.2) is 22.4 Å². The van der Waals surface area contributed by atoms with E-state index in [2.05, 4.69) is 15.3 Å². The van der Waals surface area contributed by atoms with E-state index >= 15 is 0 Å². The molecule has 0 bridgehead atoms. The summed E-state index contributed by atoms with van der Waals surface area (Å²) in [7, 11) is 0. The number of carbonyl (C=O) groups excluding carboxylic acids is 1. The van der Waals surface area contributed by atoms with Gasteiger partial charge in [0.15, 0.2) is 0 Å². The Labute approximate surface area is 95.5 Å². The molecule has 4 nitrogen and oxygen atoms in total. The summed E-state index contributed by atoms with van der Waals surface area (Å²) >= 11 is 0. The Morgan fingerprint density at radius 2 is 2.00 bits per heavy atom. The van der Waals surface area contributed by atoms with Crippen LogP contribution in [0.1, 0.15) is 31.2 Å². The van der Waals surface area contributed by atoms with Gasteiger partial charge in [0.05, 0.1) is 0 Å². The van der Waals surface area contributed by atoms with Crippen molar-refractivity contribution in [3.05, 3.63) is 24.3 Å². The molecular weight excluding hydrogens is 202 g/mol. The maximum atomic E-state index is 11.7. The summed E-state index contributed by atoms with van der Waals surface area (Å²) < 4.78 is 0. The molecular formula is C12H17N3O. The summed E-state index contributed by atoms with van der Waals surface area (Å²) in [6.45, 7) is 0.683. The lowest BCUT2D eigenvalue weighted by Gasteiger charge is -2.09. The van der Waals surface area contributed by atoms with Crippen molar-refractivity contribution in [3.63, 3.8) is 0 Å². The van der Waals surface area contributed by atoms with Crippen molar-refractivity contribution in [2.75, 3.05) is 6.54 Å². The molecule has 0 aromatic carbocycles. The van der Waals surface area contributed by atoms with E-state index in [4.69, 9.17) is 0 Å². The Hall–Kier alpha value is -1.45. The van der Waals surface area contributed by atoms with Gasteiger partial charge in [-0.25, -0.2) is 9.97 Å². The van der Waals surface area contributed by atoms with E-state index in [1.807, 2.05) is 0 Å². The highest BCUT2D eigenvalue weighted by atomic mass is 16.1. The Balaban J connectivity index is 1.70. The van der Waals surface area contributed by atoms with Crippen molar-refractivity contribution < 1.29 is 4.79 Å². The van der Waals surface area contributed by atoms with E-state index in [-0.39, 0.29) is 11.8 Å². The third-order valence-corrected chi connectivity index (χ3v) is 3.05. The number of hydrogen-bond acceptors (Lipinski definition) is 3. The molecule has 2 rings (SSSR count). The summed E-state index contributed by atoms with van der Waals surface area (Å²) in [5.41, 5.74) is 1.06. The molecule has 4 heteroatoms. The van der Waals surface area contributed by atoms with Crippen LogP contribution >= 0.6 is 0 Å². The predicted molar refractivity (Wildman–Crippen MR) is 60.7 cm³/mol. The molecule has 1 aliphatic carbocycles. The van der Waals surface area contributed by atoms with E-state index in [0.717, 1.165) is 24.8 Å². The first-order valence-electron chi connectivity index (χ1n) is 5.88. The summed E-state index contributed by atoms with van der Waals surface area (Å²) in [6, 6.07) is 0. The van der Waals surface area contributed by atoms with Gasteiger partial charge < -0.3 is 5.32 Å². The van der Waals surface area contributed by atoms with Gasteiger partial charge in [0.1, 0.15) is 6.33 Å². The van der Waals surface area contributed by atoms with Crippen LogP contribution < -0.4 is 5.32 Å². The first-order chi connectivity index (χ1) is 7.86. The largest absolute Gasteiger partial charge is 0.356 e. The standard InChI is InChI=1S/C12H17N3O/c16-12(11-3-1-2-4-11)15-6-5-10-7-13-9-14-8-10/h7-9,11H,1-6H2,(H,15,16). The van der Waals surface area contributed by atoms with Crippen molar-refractivity contribution in [3.8, 4) is 0 Å². The molecule has 1 amide bonds. The van der Waals surface area contributed by atoms with Crippen LogP contribution in [-0.2, 0) is 11.2 Å². The molecule has 1 N–H and O–H groups in total. The number of carbonyl (C=O) groups is 1. The molecule has 0 spiro atoms. The molecule has 86 valence electrons. The van der Waals surface area contributed by atoms with Crippen LogP contribution in [0.4, 0.5) is 0 Å². The van der Waals surface area contributed by atoms with Gasteiger partial charge in [0, 0.05) is 24.9 Å². The molecule has 1 saturated carbocycles. The van der Waals surface area contributed by atoms with Crippen molar-refractivity contribution in [1.29, 1.82) is 0 Å². The van der Waals surface area contributed by atoms with Crippen molar-refractivity contribution >= 4 is 5.91 Å². The second-order valence-electron chi connectivity index (χ2n) is 4.27. The third-order valence-electron chi connectivity index (χ3n) is 3.05. The minimum Gasteiger partial charge on any atom is -0.356 e. The van der Waals surface area contributed by atoms with Gasteiger partial charge in [-0.2, -0.15) is 0 Å². The van der Waals surface area contributed by atoms with Gasteiger partial charge in [0.2, 0.25) is 5.91 Å². The van der Waals surface area contributed by atoms with Crippen LogP contribution in [0.15, 0.2) is 18.7 Å². The molecule has 0 unspecified atom stereocenters. The van der Waals surface area contributed by atoms with Crippen LogP contribution in [0.2, 0.25) is 0 Å². The van der Waals surface area contributed by atoms with Gasteiger partial charge in [-0.1, -0.05) is 12.8 Å². The number of amides is 1. The third kappa shape index (κ3) is 3.02. The van der Waals surface area contributed by atoms with Crippen LogP contribution in [0.3, 0.4) is 0 Å². The van der Waals surface area contributed by atoms with E-state index in [1.54, 1.807) is 12.4 Å². The molecule has 1 fully saturated rings. The maximum Gasteiger partial charge on any atom is 0.223 e. The number of rotatable bonds is 4. The maximum absolute atomic E-state index is 11.7. The van der Waals surface area contributed by atoms with E-state index in [0.29, 0.717) is 6.54 Å². The van der Waals surface area contributed by atoms with Crippen LogP contribution in [0, 0.1) is 5.92 Å². The molecule has 1 aromatic rings. The SMILES string of the molecule is O=C(NCCc1cncnc1)C1CCCC1. The Bertz CT molecular complexity index is 333. The molecule has 1 aliphatic rings. The number of nitrogens with zero attached hydrogens (tertiary/aromatic N) is 2. The second kappa shape index (κ2) is 5.58. The Morgan fingerprint density at radius 1 is 1.31 bits per heavy atom. The lowest BCUT2D eigenvalue weighted by molar-refractivity contribution is -0.124. The van der Waals surface area contributed by atoms with Crippen molar-refractivity contribution in [1.82, 2.24) is 15.3 Å². The normalized spacial score (nSPS) is 16.2. The molecule has 0 saturated heterocycles. The van der Waals surface area contributed by atoms with E-state index < -0.39 is 0 Å². The average molecular weight is 219 g/mol. The zero-order valence-corrected chi connectivity index (χ0v) is 9.35. The fourth-order valence-electron chi connectivity index (χ4n) is 2.12. The van der Waals surface area contributed by atoms with E-state index in [9.17, 15) is 4.79 Å². The summed E-state index contributed by atoms with van der Waals surface area (Å²) in [4.78, 5) is 19.6. The predicted octanol–water partition coefficient (Wildman–Crippen LogP) is 1.33.